The van der Waals surface area contributed by atoms with Crippen LogP contribution < -0.4 is 5.73 Å². The number of anilines is 1. The molecule has 14 heavy (non-hydrogen) atoms. The molecule has 0 amide bonds. The molecule has 1 aromatic heterocycles. The molecule has 0 unspecified atom stereocenters. The fourth-order valence-corrected chi connectivity index (χ4v) is 1.16. The van der Waals surface area contributed by atoms with Crippen molar-refractivity contribution in [2.45, 2.75) is 6.92 Å². The summed E-state index contributed by atoms with van der Waals surface area (Å²) in [5.41, 5.74) is 8.47. The van der Waals surface area contributed by atoms with Crippen LogP contribution in [0.1, 0.15) is 5.56 Å². The SMILES string of the molecule is Cc1ccc(-c2nccnn2)cc1N. The van der Waals surface area contributed by atoms with Gasteiger partial charge in [0.2, 0.25) is 0 Å². The molecular weight excluding hydrogens is 176 g/mol. The number of hydrogen-bond acceptors (Lipinski definition) is 4. The minimum atomic E-state index is 0.596. The second kappa shape index (κ2) is 3.41. The molecule has 0 saturated heterocycles. The molecule has 0 radical (unpaired) electrons. The molecular formula is C10H10N4. The van der Waals surface area contributed by atoms with Gasteiger partial charge in [0.05, 0.1) is 6.20 Å². The van der Waals surface area contributed by atoms with Gasteiger partial charge in [0.15, 0.2) is 5.82 Å². The van der Waals surface area contributed by atoms with Crippen LogP contribution >= 0.6 is 0 Å². The van der Waals surface area contributed by atoms with Crippen molar-refractivity contribution in [2.24, 2.45) is 0 Å². The van der Waals surface area contributed by atoms with Crippen LogP contribution in [0.25, 0.3) is 11.4 Å². The van der Waals surface area contributed by atoms with E-state index < -0.39 is 0 Å². The summed E-state index contributed by atoms with van der Waals surface area (Å²) in [4.78, 5) is 4.09. The Kier molecular flexibility index (Phi) is 2.10. The lowest BCUT2D eigenvalue weighted by atomic mass is 10.1. The Bertz CT molecular complexity index is 439. The fraction of sp³-hybridized carbons (Fsp3) is 0.100. The van der Waals surface area contributed by atoms with E-state index in [1.54, 1.807) is 12.4 Å². The lowest BCUT2D eigenvalue weighted by Crippen LogP contribution is -1.93. The zero-order valence-corrected chi connectivity index (χ0v) is 7.81. The largest absolute Gasteiger partial charge is 0.398 e. The third-order valence-electron chi connectivity index (χ3n) is 2.02. The predicted molar refractivity (Wildman–Crippen MR) is 54.4 cm³/mol. The number of rotatable bonds is 1. The van der Waals surface area contributed by atoms with E-state index in [2.05, 4.69) is 15.2 Å². The van der Waals surface area contributed by atoms with E-state index in [1.807, 2.05) is 25.1 Å². The van der Waals surface area contributed by atoms with Crippen LogP contribution in [0.5, 0.6) is 0 Å². The molecule has 0 fully saturated rings. The molecule has 0 aliphatic carbocycles. The minimum absolute atomic E-state index is 0.596. The van der Waals surface area contributed by atoms with Crippen molar-refractivity contribution in [3.05, 3.63) is 36.2 Å². The van der Waals surface area contributed by atoms with Gasteiger partial charge in [-0.2, -0.15) is 5.10 Å². The number of hydrogen-bond donors (Lipinski definition) is 1. The number of aromatic nitrogens is 3. The smallest absolute Gasteiger partial charge is 0.181 e. The van der Waals surface area contributed by atoms with Gasteiger partial charge in [0, 0.05) is 17.4 Å². The second-order valence-corrected chi connectivity index (χ2v) is 3.04. The maximum absolute atomic E-state index is 5.78. The van der Waals surface area contributed by atoms with Gasteiger partial charge in [-0.1, -0.05) is 12.1 Å². The van der Waals surface area contributed by atoms with Crippen molar-refractivity contribution in [3.63, 3.8) is 0 Å². The molecule has 70 valence electrons. The van der Waals surface area contributed by atoms with Crippen molar-refractivity contribution in [2.75, 3.05) is 5.73 Å². The Morgan fingerprint density at radius 1 is 1.21 bits per heavy atom. The number of nitrogens with two attached hydrogens (primary N) is 1. The van der Waals surface area contributed by atoms with E-state index >= 15 is 0 Å². The highest BCUT2D eigenvalue weighted by atomic mass is 15.1. The van der Waals surface area contributed by atoms with E-state index in [-0.39, 0.29) is 0 Å². The molecule has 2 rings (SSSR count). The van der Waals surface area contributed by atoms with Crippen LogP contribution in [-0.2, 0) is 0 Å². The summed E-state index contributed by atoms with van der Waals surface area (Å²) in [6.45, 7) is 1.96. The maximum atomic E-state index is 5.78. The molecule has 2 N–H and O–H groups in total. The first kappa shape index (κ1) is 8.62. The van der Waals surface area contributed by atoms with E-state index in [4.69, 9.17) is 5.73 Å². The zero-order chi connectivity index (χ0) is 9.97. The van der Waals surface area contributed by atoms with Gasteiger partial charge in [-0.15, -0.1) is 5.10 Å². The van der Waals surface area contributed by atoms with E-state index in [1.165, 1.54) is 0 Å². The molecule has 2 aromatic rings. The Hall–Kier alpha value is -1.97. The number of nitrogens with zero attached hydrogens (tertiary/aromatic N) is 3. The van der Waals surface area contributed by atoms with Crippen LogP contribution in [0.4, 0.5) is 5.69 Å². The third-order valence-corrected chi connectivity index (χ3v) is 2.02. The number of benzene rings is 1. The van der Waals surface area contributed by atoms with Crippen molar-refractivity contribution >= 4 is 5.69 Å². The van der Waals surface area contributed by atoms with Crippen molar-refractivity contribution in [3.8, 4) is 11.4 Å². The lowest BCUT2D eigenvalue weighted by Gasteiger charge is -2.02. The topological polar surface area (TPSA) is 64.7 Å². The average Bonchev–Trinajstić information content (AvgIpc) is 2.23. The van der Waals surface area contributed by atoms with Crippen LogP contribution in [-0.4, -0.2) is 15.2 Å². The molecule has 0 spiro atoms. The first-order chi connectivity index (χ1) is 6.77. The van der Waals surface area contributed by atoms with Gasteiger partial charge in [-0.25, -0.2) is 4.98 Å². The van der Waals surface area contributed by atoms with Gasteiger partial charge in [0.25, 0.3) is 0 Å². The van der Waals surface area contributed by atoms with Gasteiger partial charge in [0.1, 0.15) is 0 Å². The Balaban J connectivity index is 2.48. The molecule has 0 aliphatic heterocycles. The van der Waals surface area contributed by atoms with Crippen molar-refractivity contribution in [1.82, 2.24) is 15.2 Å². The Labute approximate surface area is 81.8 Å². The molecule has 4 heteroatoms. The normalized spacial score (nSPS) is 10.1. The third kappa shape index (κ3) is 1.54. The van der Waals surface area contributed by atoms with E-state index in [0.29, 0.717) is 5.82 Å². The summed E-state index contributed by atoms with van der Waals surface area (Å²) < 4.78 is 0. The monoisotopic (exact) mass is 186 g/mol. The van der Waals surface area contributed by atoms with E-state index in [9.17, 15) is 0 Å². The van der Waals surface area contributed by atoms with E-state index in [0.717, 1.165) is 16.8 Å². The molecule has 0 saturated carbocycles. The minimum Gasteiger partial charge on any atom is -0.398 e. The average molecular weight is 186 g/mol. The molecule has 0 bridgehead atoms. The summed E-state index contributed by atoms with van der Waals surface area (Å²) in [6.07, 6.45) is 3.15. The Morgan fingerprint density at radius 3 is 2.71 bits per heavy atom. The molecule has 0 atom stereocenters. The van der Waals surface area contributed by atoms with Gasteiger partial charge < -0.3 is 5.73 Å². The van der Waals surface area contributed by atoms with Gasteiger partial charge >= 0.3 is 0 Å². The fourth-order valence-electron chi connectivity index (χ4n) is 1.16. The highest BCUT2D eigenvalue weighted by Crippen LogP contribution is 2.19. The predicted octanol–water partition coefficient (Wildman–Crippen LogP) is 1.43. The van der Waals surface area contributed by atoms with Crippen LogP contribution in [0.15, 0.2) is 30.6 Å². The summed E-state index contributed by atoms with van der Waals surface area (Å²) in [7, 11) is 0. The summed E-state index contributed by atoms with van der Waals surface area (Å²) >= 11 is 0. The highest BCUT2D eigenvalue weighted by molar-refractivity contribution is 5.63. The quantitative estimate of drug-likeness (QED) is 0.684. The molecule has 0 aliphatic rings. The van der Waals surface area contributed by atoms with Crippen LogP contribution in [0.3, 0.4) is 0 Å². The van der Waals surface area contributed by atoms with Gasteiger partial charge in [-0.3, -0.25) is 0 Å². The van der Waals surface area contributed by atoms with Crippen LogP contribution in [0, 0.1) is 6.92 Å². The number of nitrogen functional groups attached to an aromatic ring is 1. The molecule has 4 nitrogen and oxygen atoms in total. The molecule has 1 aromatic carbocycles. The van der Waals surface area contributed by atoms with Gasteiger partial charge in [-0.05, 0) is 18.6 Å². The summed E-state index contributed by atoms with van der Waals surface area (Å²) in [5, 5.41) is 7.66. The van der Waals surface area contributed by atoms with Crippen molar-refractivity contribution in [1.29, 1.82) is 0 Å². The maximum Gasteiger partial charge on any atom is 0.181 e. The first-order valence-corrected chi connectivity index (χ1v) is 4.27. The Morgan fingerprint density at radius 2 is 2.07 bits per heavy atom. The second-order valence-electron chi connectivity index (χ2n) is 3.04. The zero-order valence-electron chi connectivity index (χ0n) is 7.81. The molecule has 1 heterocycles. The number of aryl methyl sites for hydroxylation is 1. The standard InChI is InChI=1S/C10H10N4/c1-7-2-3-8(6-9(7)11)10-12-4-5-13-14-10/h2-6H,11H2,1H3. The highest BCUT2D eigenvalue weighted by Gasteiger charge is 2.01. The summed E-state index contributed by atoms with van der Waals surface area (Å²) in [5.74, 6) is 0.596. The van der Waals surface area contributed by atoms with Crippen LogP contribution in [0.2, 0.25) is 0 Å². The van der Waals surface area contributed by atoms with Crippen molar-refractivity contribution < 1.29 is 0 Å². The lowest BCUT2D eigenvalue weighted by molar-refractivity contribution is 0.980. The summed E-state index contributed by atoms with van der Waals surface area (Å²) in [6, 6.07) is 5.73. The first-order valence-electron chi connectivity index (χ1n) is 4.27.